The van der Waals surface area contributed by atoms with E-state index in [0.29, 0.717) is 46.0 Å². The van der Waals surface area contributed by atoms with Crippen LogP contribution in [0.2, 0.25) is 0 Å². The van der Waals surface area contributed by atoms with Crippen LogP contribution in [0.3, 0.4) is 0 Å². The molecular formula is C36H31F3N4O6S2. The zero-order valence-electron chi connectivity index (χ0n) is 27.8. The third-order valence-electron chi connectivity index (χ3n) is 7.76. The summed E-state index contributed by atoms with van der Waals surface area (Å²) in [5.74, 6) is 0.571. The zero-order chi connectivity index (χ0) is 36.3. The Morgan fingerprint density at radius 3 is 2.51 bits per heavy atom. The Morgan fingerprint density at radius 2 is 1.82 bits per heavy atom. The van der Waals surface area contributed by atoms with Gasteiger partial charge in [-0.1, -0.05) is 55.0 Å². The summed E-state index contributed by atoms with van der Waals surface area (Å²) >= 11 is 1.92. The maximum absolute atomic E-state index is 14.2. The van der Waals surface area contributed by atoms with E-state index in [2.05, 4.69) is 9.97 Å². The van der Waals surface area contributed by atoms with Gasteiger partial charge in [0.2, 0.25) is 0 Å². The summed E-state index contributed by atoms with van der Waals surface area (Å²) in [6.07, 6.45) is -2.05. The van der Waals surface area contributed by atoms with Gasteiger partial charge in [-0.05, 0) is 61.5 Å². The fourth-order valence-electron chi connectivity index (χ4n) is 5.53. The van der Waals surface area contributed by atoms with Crippen molar-refractivity contribution in [1.82, 2.24) is 14.5 Å². The molecule has 3 aromatic heterocycles. The van der Waals surface area contributed by atoms with Crippen LogP contribution in [0.15, 0.2) is 102 Å². The minimum Gasteiger partial charge on any atom is -0.497 e. The van der Waals surface area contributed by atoms with Gasteiger partial charge in [-0.25, -0.2) is 19.8 Å². The number of thiazole rings is 1. The number of carbonyl (C=O) groups is 1. The molecule has 0 radical (unpaired) electrons. The summed E-state index contributed by atoms with van der Waals surface area (Å²) in [6, 6.07) is 16.7. The molecule has 0 unspecified atom stereocenters. The van der Waals surface area contributed by atoms with Crippen LogP contribution in [0.1, 0.15) is 49.7 Å². The van der Waals surface area contributed by atoms with E-state index in [9.17, 15) is 22.8 Å². The van der Waals surface area contributed by atoms with Gasteiger partial charge in [0.05, 0.1) is 42.3 Å². The van der Waals surface area contributed by atoms with Gasteiger partial charge in [-0.2, -0.15) is 13.2 Å². The molecule has 0 fully saturated rings. The highest BCUT2D eigenvalue weighted by atomic mass is 32.2. The van der Waals surface area contributed by atoms with Crippen LogP contribution in [0.4, 0.5) is 13.2 Å². The Labute approximate surface area is 298 Å². The van der Waals surface area contributed by atoms with Crippen LogP contribution in [0.5, 0.6) is 11.5 Å². The molecule has 0 N–H and O–H groups in total. The van der Waals surface area contributed by atoms with E-state index < -0.39 is 29.4 Å². The summed E-state index contributed by atoms with van der Waals surface area (Å²) < 4.78 is 65.5. The van der Waals surface area contributed by atoms with Crippen LogP contribution in [0.25, 0.3) is 17.3 Å². The van der Waals surface area contributed by atoms with E-state index in [-0.39, 0.29) is 38.4 Å². The van der Waals surface area contributed by atoms with E-state index >= 15 is 0 Å². The second-order valence-electron chi connectivity index (χ2n) is 11.1. The van der Waals surface area contributed by atoms with Gasteiger partial charge in [0, 0.05) is 17.2 Å². The quantitative estimate of drug-likeness (QED) is 0.106. The molecule has 0 bridgehead atoms. The van der Waals surface area contributed by atoms with Gasteiger partial charge < -0.3 is 18.6 Å². The number of allylic oxidation sites excluding steroid dienone is 1. The predicted octanol–water partition coefficient (Wildman–Crippen LogP) is 6.82. The SMILES string of the molecule is CCCC1=C(C(=O)OCC)[C@@H](c2cc(OC)ccc2OC)n2c(s/c(=C\c3ccc(Sc4nc(-c5ccccc5)cc(C(F)(F)F)n4)o3)c2=O)=N1. The monoisotopic (exact) mass is 736 g/mol. The predicted molar refractivity (Wildman–Crippen MR) is 184 cm³/mol. The molecule has 1 aliphatic heterocycles. The third kappa shape index (κ3) is 7.49. The number of hydrogen-bond donors (Lipinski definition) is 0. The van der Waals surface area contributed by atoms with Gasteiger partial charge in [0.1, 0.15) is 29.0 Å². The molecule has 0 spiro atoms. The first kappa shape index (κ1) is 35.7. The number of esters is 1. The molecule has 0 saturated carbocycles. The van der Waals surface area contributed by atoms with Gasteiger partial charge in [-0.15, -0.1) is 0 Å². The molecule has 15 heteroatoms. The Balaban J connectivity index is 1.43. The van der Waals surface area contributed by atoms with Crippen molar-refractivity contribution in [2.45, 2.75) is 49.2 Å². The molecular weight excluding hydrogens is 706 g/mol. The van der Waals surface area contributed by atoms with Crippen molar-refractivity contribution in [3.8, 4) is 22.8 Å². The zero-order valence-corrected chi connectivity index (χ0v) is 29.4. The maximum Gasteiger partial charge on any atom is 0.433 e. The van der Waals surface area contributed by atoms with Crippen LogP contribution in [-0.4, -0.2) is 41.3 Å². The lowest BCUT2D eigenvalue weighted by Gasteiger charge is -2.27. The number of methoxy groups -OCH3 is 2. The van der Waals surface area contributed by atoms with Crippen LogP contribution in [-0.2, 0) is 15.7 Å². The van der Waals surface area contributed by atoms with E-state index in [1.807, 2.05) is 6.92 Å². The lowest BCUT2D eigenvalue weighted by Crippen LogP contribution is -2.40. The van der Waals surface area contributed by atoms with E-state index in [4.69, 9.17) is 23.6 Å². The van der Waals surface area contributed by atoms with Crippen molar-refractivity contribution in [3.05, 3.63) is 115 Å². The topological polar surface area (TPSA) is 118 Å². The minimum atomic E-state index is -4.69. The number of aromatic nitrogens is 3. The molecule has 0 saturated heterocycles. The lowest BCUT2D eigenvalue weighted by atomic mass is 9.93. The molecule has 51 heavy (non-hydrogen) atoms. The Hall–Kier alpha value is -5.15. The number of nitrogens with zero attached hydrogens (tertiary/aromatic N) is 4. The Kier molecular flexibility index (Phi) is 10.5. The van der Waals surface area contributed by atoms with Crippen LogP contribution < -0.4 is 24.4 Å². The first-order chi connectivity index (χ1) is 24.5. The summed E-state index contributed by atoms with van der Waals surface area (Å²) in [5.41, 5.74) is 0.289. The number of benzene rings is 2. The molecule has 0 aliphatic carbocycles. The Bertz CT molecular complexity index is 2300. The molecule has 6 rings (SSSR count). The molecule has 2 aromatic carbocycles. The molecule has 10 nitrogen and oxygen atoms in total. The molecule has 4 heterocycles. The highest BCUT2D eigenvalue weighted by Gasteiger charge is 2.37. The number of fused-ring (bicyclic) bond motifs is 1. The second kappa shape index (κ2) is 15.0. The summed E-state index contributed by atoms with van der Waals surface area (Å²) in [5, 5.41) is 0.0484. The Morgan fingerprint density at radius 1 is 1.04 bits per heavy atom. The van der Waals surface area contributed by atoms with Crippen LogP contribution in [0, 0.1) is 0 Å². The standard InChI is InChI=1S/C36H31F3N4O6S2/c1-5-10-24-30(33(45)48-6-2)31(23-17-21(46-3)13-15-26(23)47-4)43-32(44)27(50-35(43)41-24)18-22-14-16-29(49-22)51-34-40-25(20-11-8-7-9-12-20)19-28(42-34)36(37,38)39/h7-9,11-19,31H,5-6,10H2,1-4H3/b27-18-/t31-/m1/s1. The van der Waals surface area contributed by atoms with Crippen molar-refractivity contribution in [3.63, 3.8) is 0 Å². The maximum atomic E-state index is 14.2. The van der Waals surface area contributed by atoms with E-state index in [0.717, 1.165) is 29.2 Å². The number of ether oxygens (including phenoxy) is 3. The largest absolute Gasteiger partial charge is 0.497 e. The van der Waals surface area contributed by atoms with Crippen molar-refractivity contribution in [2.75, 3.05) is 20.8 Å². The van der Waals surface area contributed by atoms with Crippen molar-refractivity contribution in [1.29, 1.82) is 0 Å². The highest BCUT2D eigenvalue weighted by molar-refractivity contribution is 7.99. The summed E-state index contributed by atoms with van der Waals surface area (Å²) in [7, 11) is 3.01. The van der Waals surface area contributed by atoms with Crippen molar-refractivity contribution in [2.24, 2.45) is 4.99 Å². The number of rotatable bonds is 11. The number of carbonyl (C=O) groups excluding carboxylic acids is 1. The van der Waals surface area contributed by atoms with Gasteiger partial charge in [0.25, 0.3) is 5.56 Å². The first-order valence-electron chi connectivity index (χ1n) is 15.8. The molecule has 5 aromatic rings. The van der Waals surface area contributed by atoms with E-state index in [1.54, 1.807) is 67.6 Å². The molecule has 1 aliphatic rings. The average molecular weight is 737 g/mol. The molecule has 264 valence electrons. The lowest BCUT2D eigenvalue weighted by molar-refractivity contribution is -0.141. The van der Waals surface area contributed by atoms with Crippen LogP contribution >= 0.6 is 23.1 Å². The summed E-state index contributed by atoms with van der Waals surface area (Å²) in [4.78, 5) is 40.9. The minimum absolute atomic E-state index is 0.111. The number of alkyl halides is 3. The fraction of sp³-hybridized carbons (Fsp3) is 0.250. The van der Waals surface area contributed by atoms with Crippen molar-refractivity contribution < 1.29 is 36.6 Å². The first-order valence-corrected chi connectivity index (χ1v) is 17.4. The number of halogens is 3. The molecule has 1 atom stereocenters. The van der Waals surface area contributed by atoms with E-state index in [1.165, 1.54) is 24.9 Å². The summed E-state index contributed by atoms with van der Waals surface area (Å²) in [6.45, 7) is 3.78. The number of hydrogen-bond acceptors (Lipinski definition) is 11. The molecule has 0 amide bonds. The van der Waals surface area contributed by atoms with Crippen molar-refractivity contribution >= 4 is 35.1 Å². The second-order valence-corrected chi connectivity index (χ2v) is 13.0. The average Bonchev–Trinajstić information content (AvgIpc) is 3.69. The smallest absolute Gasteiger partial charge is 0.433 e. The third-order valence-corrected chi connectivity index (χ3v) is 9.53. The highest BCUT2D eigenvalue weighted by Crippen LogP contribution is 2.39. The van der Waals surface area contributed by atoms with Gasteiger partial charge in [-0.3, -0.25) is 9.36 Å². The fourth-order valence-corrected chi connectivity index (χ4v) is 7.27. The van der Waals surface area contributed by atoms with Gasteiger partial charge >= 0.3 is 12.1 Å². The number of furan rings is 1. The van der Waals surface area contributed by atoms with Gasteiger partial charge in [0.15, 0.2) is 15.1 Å². The normalized spacial score (nSPS) is 14.6.